The van der Waals surface area contributed by atoms with Crippen LogP contribution in [0.2, 0.25) is 0 Å². The van der Waals surface area contributed by atoms with Crippen molar-refractivity contribution >= 4 is 43.7 Å². The molecule has 0 saturated carbocycles. The smallest absolute Gasteiger partial charge is 0.0369 e. The Morgan fingerprint density at radius 1 is 0.360 bits per heavy atom. The minimum Gasteiger partial charge on any atom is -0.399 e. The number of nitrogens with two attached hydrogens (primary N) is 2. The van der Waals surface area contributed by atoms with Gasteiger partial charge < -0.3 is 11.5 Å². The van der Waals surface area contributed by atoms with Gasteiger partial charge in [0.2, 0.25) is 0 Å². The van der Waals surface area contributed by atoms with Gasteiger partial charge in [-0.1, -0.05) is 114 Å². The lowest BCUT2D eigenvalue weighted by atomic mass is 9.76. The average molecular weight is 649 g/mol. The lowest BCUT2D eigenvalue weighted by Crippen LogP contribution is -2.10. The fraction of sp³-hybridized carbons (Fsp3) is 0.167. The molecule has 246 valence electrons. The molecule has 0 radical (unpaired) electrons. The van der Waals surface area contributed by atoms with E-state index >= 15 is 0 Å². The zero-order chi connectivity index (χ0) is 34.8. The molecule has 0 amide bonds. The molecule has 8 aromatic rings. The van der Waals surface area contributed by atoms with E-state index in [0.717, 1.165) is 16.9 Å². The van der Waals surface area contributed by atoms with Crippen molar-refractivity contribution in [3.05, 3.63) is 188 Å². The molecule has 0 spiro atoms. The summed E-state index contributed by atoms with van der Waals surface area (Å²) in [4.78, 5) is 0. The first kappa shape index (κ1) is 31.7. The summed E-state index contributed by atoms with van der Waals surface area (Å²) in [6, 6.07) is 45.3. The maximum Gasteiger partial charge on any atom is 0.0369 e. The number of aryl methyl sites for hydroxylation is 6. The normalized spacial score (nSPS) is 13.0. The predicted octanol–water partition coefficient (Wildman–Crippen LogP) is 12.0. The van der Waals surface area contributed by atoms with Crippen molar-refractivity contribution in [1.82, 2.24) is 0 Å². The van der Waals surface area contributed by atoms with E-state index in [-0.39, 0.29) is 11.8 Å². The molecule has 2 heteroatoms. The van der Waals surface area contributed by atoms with Crippen molar-refractivity contribution in [3.63, 3.8) is 0 Å². The minimum absolute atomic E-state index is 0.0133. The van der Waals surface area contributed by atoms with Crippen molar-refractivity contribution in [2.45, 2.75) is 53.4 Å². The van der Waals surface area contributed by atoms with E-state index in [1.807, 2.05) is 6.07 Å². The van der Waals surface area contributed by atoms with Crippen LogP contribution < -0.4 is 11.5 Å². The Morgan fingerprint density at radius 2 is 0.740 bits per heavy atom. The lowest BCUT2D eigenvalue weighted by Gasteiger charge is -2.27. The van der Waals surface area contributed by atoms with Crippen molar-refractivity contribution in [2.24, 2.45) is 0 Å². The molecular formula is C48H44N2. The quantitative estimate of drug-likeness (QED) is 0.107. The maximum absolute atomic E-state index is 6.86. The first-order valence-electron chi connectivity index (χ1n) is 17.7. The van der Waals surface area contributed by atoms with Gasteiger partial charge in [0.25, 0.3) is 0 Å². The fourth-order valence-electron chi connectivity index (χ4n) is 8.63. The largest absolute Gasteiger partial charge is 0.399 e. The van der Waals surface area contributed by atoms with Crippen LogP contribution in [0.4, 0.5) is 11.4 Å². The second-order valence-corrected chi connectivity index (χ2v) is 14.6. The summed E-state index contributed by atoms with van der Waals surface area (Å²) in [5, 5.41) is 7.70. The van der Waals surface area contributed by atoms with Crippen molar-refractivity contribution in [1.29, 1.82) is 0 Å². The maximum atomic E-state index is 6.86. The second-order valence-electron chi connectivity index (χ2n) is 14.6. The molecule has 8 aromatic carbocycles. The van der Waals surface area contributed by atoms with Gasteiger partial charge in [-0.05, 0) is 148 Å². The first-order valence-corrected chi connectivity index (χ1v) is 17.7. The van der Waals surface area contributed by atoms with E-state index in [1.165, 1.54) is 93.5 Å². The second kappa shape index (κ2) is 12.1. The molecule has 50 heavy (non-hydrogen) atoms. The van der Waals surface area contributed by atoms with Crippen molar-refractivity contribution < 1.29 is 0 Å². The zero-order valence-corrected chi connectivity index (χ0v) is 29.9. The Hall–Kier alpha value is -5.60. The number of nitrogen functional groups attached to an aromatic ring is 2. The SMILES string of the molecule is Cc1ccc(C(c2ccc(N)cc2C)c2ccc3ccc4c(C(c5ccc(C)cc5C)c5ccc(C)cc5N)ccc5ccc2c3c54)c(C)c1. The summed E-state index contributed by atoms with van der Waals surface area (Å²) < 4.78 is 0. The van der Waals surface area contributed by atoms with E-state index in [0.29, 0.717) is 0 Å². The number of hydrogen-bond acceptors (Lipinski definition) is 2. The minimum atomic E-state index is -0.0133. The molecular weight excluding hydrogens is 605 g/mol. The molecule has 8 rings (SSSR count). The summed E-state index contributed by atoms with van der Waals surface area (Å²) >= 11 is 0. The van der Waals surface area contributed by atoms with E-state index in [1.54, 1.807) is 0 Å². The highest BCUT2D eigenvalue weighted by atomic mass is 14.6. The van der Waals surface area contributed by atoms with Gasteiger partial charge in [0.05, 0.1) is 0 Å². The Kier molecular flexibility index (Phi) is 7.64. The van der Waals surface area contributed by atoms with Gasteiger partial charge in [0, 0.05) is 23.2 Å². The van der Waals surface area contributed by atoms with Gasteiger partial charge in [-0.2, -0.15) is 0 Å². The molecule has 0 heterocycles. The van der Waals surface area contributed by atoms with Crippen molar-refractivity contribution in [3.8, 4) is 0 Å². The molecule has 2 atom stereocenters. The summed E-state index contributed by atoms with van der Waals surface area (Å²) in [5.74, 6) is 0.0381. The van der Waals surface area contributed by atoms with Crippen LogP contribution in [0.5, 0.6) is 0 Å². The van der Waals surface area contributed by atoms with Gasteiger partial charge >= 0.3 is 0 Å². The molecule has 0 aliphatic heterocycles. The molecule has 0 fully saturated rings. The molecule has 4 N–H and O–H groups in total. The monoisotopic (exact) mass is 648 g/mol. The van der Waals surface area contributed by atoms with Crippen LogP contribution in [-0.4, -0.2) is 0 Å². The lowest BCUT2D eigenvalue weighted by molar-refractivity contribution is 0.958. The Morgan fingerprint density at radius 3 is 1.20 bits per heavy atom. The van der Waals surface area contributed by atoms with E-state index in [9.17, 15) is 0 Å². The van der Waals surface area contributed by atoms with E-state index in [2.05, 4.69) is 157 Å². The molecule has 0 aliphatic carbocycles. The number of rotatable bonds is 6. The summed E-state index contributed by atoms with van der Waals surface area (Å²) in [5.41, 5.74) is 29.9. The van der Waals surface area contributed by atoms with Crippen LogP contribution in [0.15, 0.2) is 121 Å². The highest BCUT2D eigenvalue weighted by Gasteiger charge is 2.27. The van der Waals surface area contributed by atoms with E-state index in [4.69, 9.17) is 11.5 Å². The van der Waals surface area contributed by atoms with Gasteiger partial charge in [-0.15, -0.1) is 0 Å². The highest BCUT2D eigenvalue weighted by Crippen LogP contribution is 2.47. The van der Waals surface area contributed by atoms with Crippen LogP contribution in [0.1, 0.15) is 78.6 Å². The molecule has 0 aliphatic rings. The van der Waals surface area contributed by atoms with Crippen LogP contribution in [0, 0.1) is 41.5 Å². The van der Waals surface area contributed by atoms with Gasteiger partial charge in [0.1, 0.15) is 0 Å². The van der Waals surface area contributed by atoms with Crippen LogP contribution in [0.25, 0.3) is 32.3 Å². The van der Waals surface area contributed by atoms with Crippen LogP contribution >= 0.6 is 0 Å². The summed E-state index contributed by atoms with van der Waals surface area (Å²) in [7, 11) is 0. The molecule has 0 aromatic heterocycles. The summed E-state index contributed by atoms with van der Waals surface area (Å²) in [6.07, 6.45) is 0. The number of benzene rings is 8. The van der Waals surface area contributed by atoms with E-state index < -0.39 is 0 Å². The molecule has 0 saturated heterocycles. The van der Waals surface area contributed by atoms with Gasteiger partial charge in [-0.25, -0.2) is 0 Å². The first-order chi connectivity index (χ1) is 24.1. The fourth-order valence-corrected chi connectivity index (χ4v) is 8.63. The topological polar surface area (TPSA) is 52.0 Å². The third kappa shape index (κ3) is 5.18. The Balaban J connectivity index is 1.44. The van der Waals surface area contributed by atoms with Crippen LogP contribution in [0.3, 0.4) is 0 Å². The number of anilines is 2. The zero-order valence-electron chi connectivity index (χ0n) is 29.9. The van der Waals surface area contributed by atoms with Crippen molar-refractivity contribution in [2.75, 3.05) is 11.5 Å². The van der Waals surface area contributed by atoms with Gasteiger partial charge in [-0.3, -0.25) is 0 Å². The third-order valence-corrected chi connectivity index (χ3v) is 11.0. The molecule has 2 unspecified atom stereocenters. The predicted molar refractivity (Wildman–Crippen MR) is 215 cm³/mol. The highest BCUT2D eigenvalue weighted by molar-refractivity contribution is 6.24. The van der Waals surface area contributed by atoms with Gasteiger partial charge in [0.15, 0.2) is 0 Å². The number of hydrogen-bond donors (Lipinski definition) is 2. The standard InChI is InChI=1S/C48H44N2/c1-27-7-15-36(30(4)23-27)47(38-22-14-35(49)26-32(38)6)41-20-12-33-11-19-40-42(21-13-34-10-18-39(41)45(33)46(34)40)48(37-16-8-28(2)24-31(37)5)43-17-9-29(3)25-44(43)50/h7-26,47-48H,49-50H2,1-6H3. The molecule has 0 bridgehead atoms. The summed E-state index contributed by atoms with van der Waals surface area (Å²) in [6.45, 7) is 13.1. The van der Waals surface area contributed by atoms with Crippen LogP contribution in [-0.2, 0) is 0 Å². The average Bonchev–Trinajstić information content (AvgIpc) is 3.08. The molecule has 2 nitrogen and oxygen atoms in total. The Bertz CT molecular complexity index is 2310. The Labute approximate surface area is 295 Å². The third-order valence-electron chi connectivity index (χ3n) is 11.0.